The molecule has 0 atom stereocenters. The van der Waals surface area contributed by atoms with Crippen LogP contribution in [-0.4, -0.2) is 36.0 Å². The smallest absolute Gasteiger partial charge is 0.242 e. The molecule has 0 amide bonds. The van der Waals surface area contributed by atoms with Crippen LogP contribution in [0.2, 0.25) is 13.6 Å². The van der Waals surface area contributed by atoms with Crippen LogP contribution in [0.25, 0.3) is 0 Å². The summed E-state index contributed by atoms with van der Waals surface area (Å²) >= 11 is 0. The molecule has 0 unspecified atom stereocenters. The van der Waals surface area contributed by atoms with E-state index in [9.17, 15) is 8.42 Å². The zero-order valence-corrected chi connectivity index (χ0v) is 17.4. The third-order valence-corrected chi connectivity index (χ3v) is 6.87. The van der Waals surface area contributed by atoms with Gasteiger partial charge in [-0.1, -0.05) is 85.4 Å². The first-order valence-corrected chi connectivity index (χ1v) is 10.9. The van der Waals surface area contributed by atoms with Crippen LogP contribution in [0.4, 0.5) is 0 Å². The largest absolute Gasteiger partial charge is 0.276 e. The molecule has 1 heterocycles. The maximum absolute atomic E-state index is 13.5. The van der Waals surface area contributed by atoms with Crippen molar-refractivity contribution in [3.05, 3.63) is 84.1 Å². The molecule has 3 rings (SSSR count). The van der Waals surface area contributed by atoms with Gasteiger partial charge in [-0.25, -0.2) is 8.42 Å². The highest BCUT2D eigenvalue weighted by atomic mass is 32.2. The van der Waals surface area contributed by atoms with E-state index in [1.165, 1.54) is 4.68 Å². The first-order valence-electron chi connectivity index (χ1n) is 9.49. The predicted molar refractivity (Wildman–Crippen MR) is 116 cm³/mol. The van der Waals surface area contributed by atoms with E-state index in [0.29, 0.717) is 12.6 Å². The average Bonchev–Trinajstić information content (AvgIpc) is 3.10. The van der Waals surface area contributed by atoms with Crippen LogP contribution in [-0.2, 0) is 29.7 Å². The van der Waals surface area contributed by atoms with Gasteiger partial charge in [0.1, 0.15) is 0 Å². The molecule has 3 aromatic rings. The lowest BCUT2D eigenvalue weighted by Gasteiger charge is -2.30. The van der Waals surface area contributed by atoms with Crippen molar-refractivity contribution in [2.75, 3.05) is 0 Å². The molecule has 0 bridgehead atoms. The van der Waals surface area contributed by atoms with Crippen molar-refractivity contribution in [1.29, 1.82) is 0 Å². The Bertz CT molecular complexity index is 947. The molecular formula is C20H25B2N3O2S. The number of nitrogens with zero attached hydrogens (tertiary/aromatic N) is 3. The number of benzene rings is 2. The first kappa shape index (κ1) is 20.4. The van der Waals surface area contributed by atoms with Crippen molar-refractivity contribution in [1.82, 2.24) is 13.9 Å². The first-order chi connectivity index (χ1) is 13.4. The van der Waals surface area contributed by atoms with Crippen LogP contribution in [0.1, 0.15) is 11.1 Å². The third-order valence-electron chi connectivity index (χ3n) is 4.85. The molecule has 0 aliphatic heterocycles. The lowest BCUT2D eigenvalue weighted by atomic mass is 9.48. The number of rotatable bonds is 8. The van der Waals surface area contributed by atoms with Gasteiger partial charge in [0.05, 0.1) is 0 Å². The normalized spacial score (nSPS) is 11.6. The third kappa shape index (κ3) is 4.75. The number of hydrogen-bond donors (Lipinski definition) is 0. The second-order valence-corrected chi connectivity index (χ2v) is 9.03. The van der Waals surface area contributed by atoms with Crippen molar-refractivity contribution in [2.24, 2.45) is 7.05 Å². The van der Waals surface area contributed by atoms with Crippen LogP contribution in [0.15, 0.2) is 78.0 Å². The van der Waals surface area contributed by atoms with Crippen LogP contribution >= 0.6 is 0 Å². The van der Waals surface area contributed by atoms with Gasteiger partial charge in [0.2, 0.25) is 23.7 Å². The van der Waals surface area contributed by atoms with Crippen molar-refractivity contribution < 1.29 is 8.42 Å². The van der Waals surface area contributed by atoms with Crippen molar-refractivity contribution in [3.63, 3.8) is 0 Å². The summed E-state index contributed by atoms with van der Waals surface area (Å²) in [5.41, 5.74) is 2.23. The van der Waals surface area contributed by atoms with E-state index in [2.05, 4.69) is 5.10 Å². The standard InChI is InChI=1S/C20H25B2N3O2S/c1-21(16-18-10-6-4-7-11-18)25(22(2)17-19-12-8-5-9-13-19)28(26,27)20-14-15-24(3)23-20/h4-15H,16-17H2,1-3H3. The maximum Gasteiger partial charge on any atom is 0.242 e. The molecule has 0 aliphatic rings. The summed E-state index contributed by atoms with van der Waals surface area (Å²) < 4.78 is 30.1. The zero-order valence-electron chi connectivity index (χ0n) is 16.6. The summed E-state index contributed by atoms with van der Waals surface area (Å²) in [6, 6.07) is 21.5. The minimum absolute atomic E-state index is 0.0924. The van der Waals surface area contributed by atoms with E-state index in [-0.39, 0.29) is 18.7 Å². The zero-order chi connectivity index (χ0) is 20.1. The highest BCUT2D eigenvalue weighted by Crippen LogP contribution is 2.21. The van der Waals surface area contributed by atoms with E-state index in [0.717, 1.165) is 11.1 Å². The molecule has 1 aromatic heterocycles. The number of aromatic nitrogens is 2. The SMILES string of the molecule is CB(Cc1ccccc1)N(B(C)Cc1ccccc1)S(=O)(=O)c1ccn(C)n1. The molecule has 0 aliphatic carbocycles. The minimum atomic E-state index is -3.72. The van der Waals surface area contributed by atoms with Gasteiger partial charge >= 0.3 is 0 Å². The van der Waals surface area contributed by atoms with E-state index in [1.54, 1.807) is 23.4 Å². The van der Waals surface area contributed by atoms with Gasteiger partial charge < -0.3 is 0 Å². The lowest BCUT2D eigenvalue weighted by Crippen LogP contribution is -2.52. The summed E-state index contributed by atoms with van der Waals surface area (Å²) in [7, 11) is -1.99. The Hall–Kier alpha value is -2.31. The minimum Gasteiger partial charge on any atom is -0.276 e. The van der Waals surface area contributed by atoms with Crippen LogP contribution in [0, 0.1) is 0 Å². The maximum atomic E-state index is 13.5. The molecule has 144 valence electrons. The van der Waals surface area contributed by atoms with Crippen molar-refractivity contribution in [2.45, 2.75) is 31.3 Å². The molecule has 0 spiro atoms. The van der Waals surface area contributed by atoms with E-state index < -0.39 is 10.0 Å². The Morgan fingerprint density at radius 1 is 0.857 bits per heavy atom. The molecule has 0 saturated carbocycles. The molecule has 0 radical (unpaired) electrons. The number of hydrogen-bond acceptors (Lipinski definition) is 3. The summed E-state index contributed by atoms with van der Waals surface area (Å²) in [6.07, 6.45) is 2.95. The summed E-state index contributed by atoms with van der Waals surface area (Å²) in [5.74, 6) is 0. The lowest BCUT2D eigenvalue weighted by molar-refractivity contribution is 0.565. The number of sulfonamides is 1. The summed E-state index contributed by atoms with van der Waals surface area (Å²) in [6.45, 7) is 3.53. The molecule has 5 nitrogen and oxygen atoms in total. The van der Waals surface area contributed by atoms with E-state index in [1.807, 2.05) is 74.3 Å². The van der Waals surface area contributed by atoms with E-state index >= 15 is 0 Å². The second kappa shape index (κ2) is 8.80. The second-order valence-electron chi connectivity index (χ2n) is 7.24. The molecule has 2 aromatic carbocycles. The topological polar surface area (TPSA) is 55.2 Å². The van der Waals surface area contributed by atoms with Crippen LogP contribution < -0.4 is 0 Å². The number of aryl methyl sites for hydroxylation is 1. The van der Waals surface area contributed by atoms with Gasteiger partial charge in [0, 0.05) is 13.2 Å². The fourth-order valence-corrected chi connectivity index (χ4v) is 5.42. The Morgan fingerprint density at radius 3 is 1.71 bits per heavy atom. The van der Waals surface area contributed by atoms with Gasteiger partial charge in [0.25, 0.3) is 0 Å². The Labute approximate surface area is 168 Å². The van der Waals surface area contributed by atoms with Gasteiger partial charge in [-0.3, -0.25) is 8.81 Å². The Morgan fingerprint density at radius 2 is 1.32 bits per heavy atom. The molecule has 8 heteroatoms. The fraction of sp³-hybridized carbons (Fsp3) is 0.250. The van der Waals surface area contributed by atoms with Crippen LogP contribution in [0.5, 0.6) is 0 Å². The Balaban J connectivity index is 1.93. The highest BCUT2D eigenvalue weighted by molar-refractivity contribution is 7.91. The van der Waals surface area contributed by atoms with Gasteiger partial charge in [-0.2, -0.15) is 5.10 Å². The van der Waals surface area contributed by atoms with Gasteiger partial charge in [-0.05, 0) is 18.7 Å². The average molecular weight is 393 g/mol. The van der Waals surface area contributed by atoms with Crippen molar-refractivity contribution in [3.8, 4) is 0 Å². The fourth-order valence-electron chi connectivity index (χ4n) is 3.64. The molecule has 0 N–H and O–H groups in total. The molecular weight excluding hydrogens is 368 g/mol. The van der Waals surface area contributed by atoms with E-state index in [4.69, 9.17) is 0 Å². The molecule has 28 heavy (non-hydrogen) atoms. The highest BCUT2D eigenvalue weighted by Gasteiger charge is 2.37. The predicted octanol–water partition coefficient (Wildman–Crippen LogP) is 3.22. The summed E-state index contributed by atoms with van der Waals surface area (Å²) in [4.78, 5) is 0. The quantitative estimate of drug-likeness (QED) is 0.553. The molecule has 0 saturated heterocycles. The monoisotopic (exact) mass is 393 g/mol. The van der Waals surface area contributed by atoms with Gasteiger partial charge in [-0.15, -0.1) is 0 Å². The van der Waals surface area contributed by atoms with Crippen molar-refractivity contribution >= 4 is 23.7 Å². The Kier molecular flexibility index (Phi) is 6.42. The van der Waals surface area contributed by atoms with Gasteiger partial charge in [0.15, 0.2) is 5.03 Å². The summed E-state index contributed by atoms with van der Waals surface area (Å²) in [5, 5.41) is 4.26. The van der Waals surface area contributed by atoms with Crippen LogP contribution in [0.3, 0.4) is 0 Å². The molecule has 0 fully saturated rings.